The molecule has 3 nitrogen and oxygen atoms in total. The van der Waals surface area contributed by atoms with Crippen LogP contribution in [0.15, 0.2) is 22.7 Å². The largest absolute Gasteiger partial charge is 0.380 e. The summed E-state index contributed by atoms with van der Waals surface area (Å²) < 4.78 is 6.32. The summed E-state index contributed by atoms with van der Waals surface area (Å²) in [4.78, 5) is 5.72. The maximum atomic E-state index is 5.25. The van der Waals surface area contributed by atoms with Gasteiger partial charge in [-0.3, -0.25) is 0 Å². The maximum Gasteiger partial charge on any atom is 0.0900 e. The number of hydrogen-bond acceptors (Lipinski definition) is 4. The molecule has 1 N–H and O–H groups in total. The van der Waals surface area contributed by atoms with Crippen molar-refractivity contribution in [3.05, 3.63) is 43.8 Å². The predicted molar refractivity (Wildman–Crippen MR) is 83.8 cm³/mol. The number of anilines is 1. The zero-order valence-electron chi connectivity index (χ0n) is 11.3. The molecule has 1 aromatic heterocycles. The molecule has 0 aliphatic heterocycles. The SMILES string of the molecule is COCc1c(Br)cccc1NCc1sc(C)nc1C. The molecule has 0 radical (unpaired) electrons. The molecule has 0 spiro atoms. The van der Waals surface area contributed by atoms with E-state index in [1.165, 1.54) is 4.88 Å². The molecule has 102 valence electrons. The third kappa shape index (κ3) is 3.55. The second-order valence-electron chi connectivity index (χ2n) is 4.29. The molecule has 0 aliphatic carbocycles. The van der Waals surface area contributed by atoms with E-state index in [0.29, 0.717) is 6.61 Å². The normalized spacial score (nSPS) is 10.7. The summed E-state index contributed by atoms with van der Waals surface area (Å²) in [7, 11) is 1.71. The quantitative estimate of drug-likeness (QED) is 0.881. The Morgan fingerprint density at radius 3 is 2.79 bits per heavy atom. The van der Waals surface area contributed by atoms with E-state index in [2.05, 4.69) is 39.2 Å². The fraction of sp³-hybridized carbons (Fsp3) is 0.357. The van der Waals surface area contributed by atoms with E-state index in [4.69, 9.17) is 4.74 Å². The van der Waals surface area contributed by atoms with Crippen molar-refractivity contribution in [1.29, 1.82) is 0 Å². The van der Waals surface area contributed by atoms with Crippen LogP contribution >= 0.6 is 27.3 Å². The van der Waals surface area contributed by atoms with E-state index in [1.807, 2.05) is 19.1 Å². The minimum atomic E-state index is 0.588. The number of methoxy groups -OCH3 is 1. The summed E-state index contributed by atoms with van der Waals surface area (Å²) >= 11 is 5.30. The molecule has 5 heteroatoms. The number of halogens is 1. The molecule has 1 aromatic carbocycles. The van der Waals surface area contributed by atoms with Gasteiger partial charge in [-0.1, -0.05) is 22.0 Å². The molecule has 0 aliphatic rings. The van der Waals surface area contributed by atoms with Gasteiger partial charge < -0.3 is 10.1 Å². The van der Waals surface area contributed by atoms with Gasteiger partial charge in [-0.05, 0) is 26.0 Å². The van der Waals surface area contributed by atoms with Gasteiger partial charge in [0.1, 0.15) is 0 Å². The molecular weight excluding hydrogens is 324 g/mol. The van der Waals surface area contributed by atoms with E-state index in [0.717, 1.165) is 33.0 Å². The minimum absolute atomic E-state index is 0.588. The van der Waals surface area contributed by atoms with Crippen molar-refractivity contribution in [1.82, 2.24) is 4.98 Å². The molecule has 2 rings (SSSR count). The summed E-state index contributed by atoms with van der Waals surface area (Å²) in [6.07, 6.45) is 0. The minimum Gasteiger partial charge on any atom is -0.380 e. The van der Waals surface area contributed by atoms with E-state index < -0.39 is 0 Å². The first-order valence-electron chi connectivity index (χ1n) is 6.05. The van der Waals surface area contributed by atoms with Crippen LogP contribution in [0, 0.1) is 13.8 Å². The summed E-state index contributed by atoms with van der Waals surface area (Å²) in [6.45, 7) is 5.48. The number of aromatic nitrogens is 1. The van der Waals surface area contributed by atoms with Gasteiger partial charge in [-0.15, -0.1) is 11.3 Å². The topological polar surface area (TPSA) is 34.1 Å². The fourth-order valence-corrected chi connectivity index (χ4v) is 3.29. The summed E-state index contributed by atoms with van der Waals surface area (Å²) in [5.74, 6) is 0. The van der Waals surface area contributed by atoms with E-state index in [9.17, 15) is 0 Å². The molecule has 0 amide bonds. The third-order valence-corrected chi connectivity index (χ3v) is 4.66. The third-order valence-electron chi connectivity index (χ3n) is 2.85. The van der Waals surface area contributed by atoms with Crippen LogP contribution < -0.4 is 5.32 Å². The van der Waals surface area contributed by atoms with Gasteiger partial charge in [0.05, 0.1) is 23.9 Å². The Kier molecular flexibility index (Phi) is 4.96. The van der Waals surface area contributed by atoms with Gasteiger partial charge in [-0.25, -0.2) is 4.98 Å². The number of aryl methyl sites for hydroxylation is 2. The molecule has 1 heterocycles. The number of nitrogens with zero attached hydrogens (tertiary/aromatic N) is 1. The monoisotopic (exact) mass is 340 g/mol. The number of hydrogen-bond donors (Lipinski definition) is 1. The van der Waals surface area contributed by atoms with Crippen molar-refractivity contribution < 1.29 is 4.74 Å². The van der Waals surface area contributed by atoms with Crippen LogP contribution in [0.4, 0.5) is 5.69 Å². The smallest absolute Gasteiger partial charge is 0.0900 e. The van der Waals surface area contributed by atoms with Crippen molar-refractivity contribution in [3.63, 3.8) is 0 Å². The Hall–Kier alpha value is -0.910. The zero-order chi connectivity index (χ0) is 13.8. The molecule has 0 fully saturated rings. The molecule has 0 bridgehead atoms. The Morgan fingerprint density at radius 2 is 2.16 bits per heavy atom. The number of benzene rings is 1. The number of nitrogens with one attached hydrogen (secondary N) is 1. The average molecular weight is 341 g/mol. The number of ether oxygens (including phenoxy) is 1. The average Bonchev–Trinajstić information content (AvgIpc) is 2.69. The van der Waals surface area contributed by atoms with Crippen molar-refractivity contribution >= 4 is 33.0 Å². The van der Waals surface area contributed by atoms with Crippen LogP contribution in [0.3, 0.4) is 0 Å². The second kappa shape index (κ2) is 6.50. The predicted octanol–water partition coefficient (Wildman–Crippen LogP) is 4.28. The van der Waals surface area contributed by atoms with Crippen LogP contribution in [-0.2, 0) is 17.9 Å². The Morgan fingerprint density at radius 1 is 1.37 bits per heavy atom. The van der Waals surface area contributed by atoms with Crippen LogP contribution in [0.2, 0.25) is 0 Å². The molecule has 0 saturated carbocycles. The highest BCUT2D eigenvalue weighted by Gasteiger charge is 2.08. The van der Waals surface area contributed by atoms with Crippen molar-refractivity contribution in [2.45, 2.75) is 27.0 Å². The van der Waals surface area contributed by atoms with Gasteiger partial charge in [0.15, 0.2) is 0 Å². The van der Waals surface area contributed by atoms with Crippen LogP contribution in [0.25, 0.3) is 0 Å². The zero-order valence-corrected chi connectivity index (χ0v) is 13.7. The molecule has 0 atom stereocenters. The van der Waals surface area contributed by atoms with Gasteiger partial charge in [0.2, 0.25) is 0 Å². The summed E-state index contributed by atoms with van der Waals surface area (Å²) in [6, 6.07) is 6.13. The van der Waals surface area contributed by atoms with E-state index in [1.54, 1.807) is 18.4 Å². The number of rotatable bonds is 5. The van der Waals surface area contributed by atoms with Crippen molar-refractivity contribution in [3.8, 4) is 0 Å². The molecule has 2 aromatic rings. The second-order valence-corrected chi connectivity index (χ2v) is 6.44. The van der Waals surface area contributed by atoms with Crippen molar-refractivity contribution in [2.24, 2.45) is 0 Å². The first-order chi connectivity index (χ1) is 9.11. The van der Waals surface area contributed by atoms with Crippen LogP contribution in [0.5, 0.6) is 0 Å². The molecule has 19 heavy (non-hydrogen) atoms. The summed E-state index contributed by atoms with van der Waals surface area (Å²) in [5.41, 5.74) is 3.35. The lowest BCUT2D eigenvalue weighted by Crippen LogP contribution is -2.03. The highest BCUT2D eigenvalue weighted by atomic mass is 79.9. The van der Waals surface area contributed by atoms with Gasteiger partial charge >= 0.3 is 0 Å². The van der Waals surface area contributed by atoms with Crippen LogP contribution in [-0.4, -0.2) is 12.1 Å². The lowest BCUT2D eigenvalue weighted by molar-refractivity contribution is 0.185. The highest BCUT2D eigenvalue weighted by molar-refractivity contribution is 9.10. The first-order valence-corrected chi connectivity index (χ1v) is 7.66. The standard InChI is InChI=1S/C14H17BrN2OS/c1-9-14(19-10(2)17-9)7-16-13-6-4-5-12(15)11(13)8-18-3/h4-6,16H,7-8H2,1-3H3. The first kappa shape index (κ1) is 14.5. The lowest BCUT2D eigenvalue weighted by atomic mass is 10.2. The summed E-state index contributed by atoms with van der Waals surface area (Å²) in [5, 5.41) is 4.58. The van der Waals surface area contributed by atoms with Crippen molar-refractivity contribution in [2.75, 3.05) is 12.4 Å². The lowest BCUT2D eigenvalue weighted by Gasteiger charge is -2.12. The Labute approximate surface area is 126 Å². The van der Waals surface area contributed by atoms with Gasteiger partial charge in [-0.2, -0.15) is 0 Å². The highest BCUT2D eigenvalue weighted by Crippen LogP contribution is 2.27. The van der Waals surface area contributed by atoms with Gasteiger partial charge in [0.25, 0.3) is 0 Å². The van der Waals surface area contributed by atoms with Gasteiger partial charge in [0, 0.05) is 27.7 Å². The molecular formula is C14H17BrN2OS. The van der Waals surface area contributed by atoms with E-state index >= 15 is 0 Å². The van der Waals surface area contributed by atoms with Crippen LogP contribution in [0.1, 0.15) is 21.1 Å². The Balaban J connectivity index is 2.15. The van der Waals surface area contributed by atoms with E-state index in [-0.39, 0.29) is 0 Å². The Bertz CT molecular complexity index is 569. The molecule has 0 saturated heterocycles. The number of thiazole rings is 1. The maximum absolute atomic E-state index is 5.25. The fourth-order valence-electron chi connectivity index (χ4n) is 1.93. The molecule has 0 unspecified atom stereocenters.